The van der Waals surface area contributed by atoms with Gasteiger partial charge in [-0.3, -0.25) is 0 Å². The van der Waals surface area contributed by atoms with E-state index in [-0.39, 0.29) is 12.2 Å². The predicted molar refractivity (Wildman–Crippen MR) is 83.9 cm³/mol. The molecular weight excluding hydrogens is 252 g/mol. The summed E-state index contributed by atoms with van der Waals surface area (Å²) >= 11 is 0. The molecule has 0 aliphatic carbocycles. The predicted octanol–water partition coefficient (Wildman–Crippen LogP) is 5.57. The fourth-order valence-corrected chi connectivity index (χ4v) is 2.09. The molecule has 0 aromatic carbocycles. The number of unbranched alkanes of at least 4 members (excludes halogenated alkanes) is 2. The first-order valence-corrected chi connectivity index (χ1v) is 8.29. The van der Waals surface area contributed by atoms with Crippen molar-refractivity contribution in [1.82, 2.24) is 0 Å². The van der Waals surface area contributed by atoms with Gasteiger partial charge >= 0.3 is 6.16 Å². The van der Waals surface area contributed by atoms with Crippen LogP contribution in [0.5, 0.6) is 0 Å². The van der Waals surface area contributed by atoms with Gasteiger partial charge < -0.3 is 9.47 Å². The van der Waals surface area contributed by atoms with Crippen LogP contribution >= 0.6 is 0 Å². The minimum Gasteiger partial charge on any atom is -0.431 e. The van der Waals surface area contributed by atoms with Crippen LogP contribution in [0.15, 0.2) is 0 Å². The van der Waals surface area contributed by atoms with Crippen molar-refractivity contribution in [3.63, 3.8) is 0 Å². The molecule has 0 aromatic heterocycles. The molecule has 120 valence electrons. The minimum absolute atomic E-state index is 0.0767. The Morgan fingerprint density at radius 2 is 1.15 bits per heavy atom. The summed E-state index contributed by atoms with van der Waals surface area (Å²) in [5.41, 5.74) is 0. The molecule has 20 heavy (non-hydrogen) atoms. The molecule has 0 bridgehead atoms. The fraction of sp³-hybridized carbons (Fsp3) is 0.941. The van der Waals surface area contributed by atoms with Crippen molar-refractivity contribution >= 4 is 6.16 Å². The maximum Gasteiger partial charge on any atom is 0.508 e. The molecule has 0 rings (SSSR count). The van der Waals surface area contributed by atoms with E-state index >= 15 is 0 Å². The lowest BCUT2D eigenvalue weighted by Gasteiger charge is -2.23. The van der Waals surface area contributed by atoms with Crippen molar-refractivity contribution in [3.05, 3.63) is 0 Å². The van der Waals surface area contributed by atoms with Crippen LogP contribution in [0.2, 0.25) is 0 Å². The molecule has 0 N–H and O–H groups in total. The third-order valence-corrected chi connectivity index (χ3v) is 4.19. The highest BCUT2D eigenvalue weighted by molar-refractivity contribution is 5.60. The first-order valence-electron chi connectivity index (χ1n) is 8.29. The van der Waals surface area contributed by atoms with Crippen molar-refractivity contribution < 1.29 is 14.3 Å². The lowest BCUT2D eigenvalue weighted by molar-refractivity contribution is -0.0201. The number of carbonyl (C=O) groups excluding carboxylic acids is 1. The Bertz CT molecular complexity index is 229. The Morgan fingerprint density at radius 1 is 0.800 bits per heavy atom. The molecule has 0 aromatic rings. The Hall–Kier alpha value is -0.730. The van der Waals surface area contributed by atoms with Gasteiger partial charge in [-0.05, 0) is 38.5 Å². The largest absolute Gasteiger partial charge is 0.508 e. The average Bonchev–Trinajstić information content (AvgIpc) is 2.41. The quantitative estimate of drug-likeness (QED) is 0.492. The van der Waals surface area contributed by atoms with Crippen LogP contribution in [-0.4, -0.2) is 18.4 Å². The molecule has 0 heterocycles. The van der Waals surface area contributed by atoms with Gasteiger partial charge in [0.1, 0.15) is 12.2 Å². The minimum atomic E-state index is -0.517. The zero-order valence-corrected chi connectivity index (χ0v) is 14.3. The van der Waals surface area contributed by atoms with Crippen molar-refractivity contribution in [3.8, 4) is 0 Å². The molecule has 0 aliphatic heterocycles. The first-order chi connectivity index (χ1) is 9.42. The molecule has 4 atom stereocenters. The van der Waals surface area contributed by atoms with E-state index in [1.54, 1.807) is 0 Å². The van der Waals surface area contributed by atoms with E-state index < -0.39 is 6.16 Å². The lowest BCUT2D eigenvalue weighted by atomic mass is 9.99. The van der Waals surface area contributed by atoms with E-state index in [0.29, 0.717) is 11.8 Å². The summed E-state index contributed by atoms with van der Waals surface area (Å²) in [7, 11) is 0. The van der Waals surface area contributed by atoms with Crippen molar-refractivity contribution in [2.24, 2.45) is 11.8 Å². The molecule has 0 saturated carbocycles. The van der Waals surface area contributed by atoms with Crippen molar-refractivity contribution in [2.45, 2.75) is 92.3 Å². The molecule has 0 saturated heterocycles. The third kappa shape index (κ3) is 8.44. The highest BCUT2D eigenvalue weighted by atomic mass is 16.7. The van der Waals surface area contributed by atoms with Crippen molar-refractivity contribution in [2.75, 3.05) is 0 Å². The highest BCUT2D eigenvalue weighted by Crippen LogP contribution is 2.18. The van der Waals surface area contributed by atoms with Gasteiger partial charge in [-0.1, -0.05) is 53.4 Å². The Labute approximate surface area is 125 Å². The monoisotopic (exact) mass is 286 g/mol. The van der Waals surface area contributed by atoms with Gasteiger partial charge in [-0.15, -0.1) is 0 Å². The Morgan fingerprint density at radius 3 is 1.45 bits per heavy atom. The summed E-state index contributed by atoms with van der Waals surface area (Å²) in [5, 5.41) is 0. The zero-order valence-electron chi connectivity index (χ0n) is 14.3. The van der Waals surface area contributed by atoms with E-state index in [4.69, 9.17) is 9.47 Å². The number of carbonyl (C=O) groups is 1. The summed E-state index contributed by atoms with van der Waals surface area (Å²) in [5.74, 6) is 0.769. The number of rotatable bonds is 10. The molecule has 0 amide bonds. The van der Waals surface area contributed by atoms with Crippen LogP contribution in [0.25, 0.3) is 0 Å². The summed E-state index contributed by atoms with van der Waals surface area (Å²) in [4.78, 5) is 11.8. The maximum absolute atomic E-state index is 11.8. The summed E-state index contributed by atoms with van der Waals surface area (Å²) < 4.78 is 10.7. The average molecular weight is 286 g/mol. The summed E-state index contributed by atoms with van der Waals surface area (Å²) in [6, 6.07) is 0. The molecule has 0 spiro atoms. The lowest BCUT2D eigenvalue weighted by Crippen LogP contribution is -2.27. The molecule has 4 unspecified atom stereocenters. The van der Waals surface area contributed by atoms with Gasteiger partial charge in [-0.2, -0.15) is 0 Å². The van der Waals surface area contributed by atoms with Gasteiger partial charge in [0.2, 0.25) is 0 Å². The second kappa shape index (κ2) is 11.0. The molecule has 0 radical (unpaired) electrons. The topological polar surface area (TPSA) is 35.5 Å². The SMILES string of the molecule is CCCCC(C)C(C)OC(=O)OC(C)C(C)CCCC. The van der Waals surface area contributed by atoms with Crippen LogP contribution in [0.3, 0.4) is 0 Å². The van der Waals surface area contributed by atoms with Gasteiger partial charge in [0.05, 0.1) is 0 Å². The summed E-state index contributed by atoms with van der Waals surface area (Å²) in [6.45, 7) is 12.5. The van der Waals surface area contributed by atoms with Crippen LogP contribution in [0, 0.1) is 11.8 Å². The van der Waals surface area contributed by atoms with Gasteiger partial charge in [0.15, 0.2) is 0 Å². The summed E-state index contributed by atoms with van der Waals surface area (Å²) in [6.07, 6.45) is 6.21. The van der Waals surface area contributed by atoms with E-state index in [9.17, 15) is 4.79 Å². The second-order valence-electron chi connectivity index (χ2n) is 6.13. The van der Waals surface area contributed by atoms with Crippen LogP contribution in [-0.2, 0) is 9.47 Å². The standard InChI is InChI=1S/C17H34O3/c1-7-9-11-13(3)15(5)19-17(18)20-16(6)14(4)12-10-8-2/h13-16H,7-12H2,1-6H3. The normalized spacial score (nSPS) is 17.1. The Balaban J connectivity index is 4.01. The van der Waals surface area contributed by atoms with Gasteiger partial charge in [0.25, 0.3) is 0 Å². The number of hydrogen-bond acceptors (Lipinski definition) is 3. The number of ether oxygens (including phenoxy) is 2. The van der Waals surface area contributed by atoms with Crippen molar-refractivity contribution in [1.29, 1.82) is 0 Å². The van der Waals surface area contributed by atoms with E-state index in [1.165, 1.54) is 25.7 Å². The Kier molecular flexibility index (Phi) is 10.6. The van der Waals surface area contributed by atoms with Gasteiger partial charge in [-0.25, -0.2) is 4.79 Å². The maximum atomic E-state index is 11.8. The highest BCUT2D eigenvalue weighted by Gasteiger charge is 2.21. The molecule has 3 heteroatoms. The van der Waals surface area contributed by atoms with E-state index in [0.717, 1.165) is 12.8 Å². The number of hydrogen-bond donors (Lipinski definition) is 0. The zero-order chi connectivity index (χ0) is 15.5. The van der Waals surface area contributed by atoms with E-state index in [1.807, 2.05) is 13.8 Å². The molecular formula is C17H34O3. The van der Waals surface area contributed by atoms with Crippen LogP contribution < -0.4 is 0 Å². The smallest absolute Gasteiger partial charge is 0.431 e. The fourth-order valence-electron chi connectivity index (χ4n) is 2.09. The van der Waals surface area contributed by atoms with Gasteiger partial charge in [0, 0.05) is 0 Å². The third-order valence-electron chi connectivity index (χ3n) is 4.19. The van der Waals surface area contributed by atoms with E-state index in [2.05, 4.69) is 27.7 Å². The second-order valence-corrected chi connectivity index (χ2v) is 6.13. The molecule has 0 aliphatic rings. The van der Waals surface area contributed by atoms with Crippen LogP contribution in [0.4, 0.5) is 4.79 Å². The first kappa shape index (κ1) is 19.3. The molecule has 0 fully saturated rings. The van der Waals surface area contributed by atoms with Crippen LogP contribution in [0.1, 0.15) is 80.1 Å². The molecule has 3 nitrogen and oxygen atoms in total.